The molecule has 158 valence electrons. The van der Waals surface area contributed by atoms with Gasteiger partial charge in [0.05, 0.1) is 12.1 Å². The SMILES string of the molecule is CC(=O)Nc1cccc(NC(=O)[C@H]2CC(=O)Nc3c(C)c(-c4ccc(F)cc4)nn32)c1. The molecule has 1 aliphatic rings. The molecule has 2 heterocycles. The molecular formula is C22H20FN5O3. The van der Waals surface area contributed by atoms with Crippen LogP contribution in [0.3, 0.4) is 0 Å². The summed E-state index contributed by atoms with van der Waals surface area (Å²) >= 11 is 0. The summed E-state index contributed by atoms with van der Waals surface area (Å²) in [6, 6.07) is 11.7. The number of amides is 3. The van der Waals surface area contributed by atoms with Crippen LogP contribution in [0.15, 0.2) is 48.5 Å². The van der Waals surface area contributed by atoms with Crippen LogP contribution in [-0.4, -0.2) is 27.5 Å². The number of carbonyl (C=O) groups excluding carboxylic acids is 3. The van der Waals surface area contributed by atoms with Crippen molar-refractivity contribution in [3.63, 3.8) is 0 Å². The molecule has 3 amide bonds. The summed E-state index contributed by atoms with van der Waals surface area (Å²) < 4.78 is 14.8. The minimum Gasteiger partial charge on any atom is -0.326 e. The fourth-order valence-corrected chi connectivity index (χ4v) is 3.53. The number of halogens is 1. The summed E-state index contributed by atoms with van der Waals surface area (Å²) in [6.45, 7) is 3.18. The summed E-state index contributed by atoms with van der Waals surface area (Å²) in [4.78, 5) is 36.6. The maximum absolute atomic E-state index is 13.3. The predicted octanol–water partition coefficient (Wildman–Crippen LogP) is 3.48. The monoisotopic (exact) mass is 421 g/mol. The Morgan fingerprint density at radius 1 is 1.13 bits per heavy atom. The van der Waals surface area contributed by atoms with Crippen molar-refractivity contribution < 1.29 is 18.8 Å². The van der Waals surface area contributed by atoms with E-state index in [0.717, 1.165) is 0 Å². The molecule has 8 nitrogen and oxygen atoms in total. The van der Waals surface area contributed by atoms with Crippen LogP contribution in [0.25, 0.3) is 11.3 Å². The Balaban J connectivity index is 1.64. The van der Waals surface area contributed by atoms with Crippen molar-refractivity contribution in [2.75, 3.05) is 16.0 Å². The van der Waals surface area contributed by atoms with Gasteiger partial charge in [-0.15, -0.1) is 0 Å². The lowest BCUT2D eigenvalue weighted by atomic mass is 10.1. The first kappa shape index (κ1) is 20.3. The molecule has 0 saturated heterocycles. The number of anilines is 3. The van der Waals surface area contributed by atoms with Crippen molar-refractivity contribution in [1.82, 2.24) is 9.78 Å². The Labute approximate surface area is 177 Å². The molecule has 0 spiro atoms. The number of nitrogens with one attached hydrogen (secondary N) is 3. The summed E-state index contributed by atoms with van der Waals surface area (Å²) in [5.41, 5.74) is 2.94. The first-order valence-corrected chi connectivity index (χ1v) is 9.65. The standard InChI is InChI=1S/C22H20FN5O3/c1-12-20(14-6-8-15(23)9-7-14)27-28-18(11-19(30)26-21(12)28)22(31)25-17-5-3-4-16(10-17)24-13(2)29/h3-10,18H,11H2,1-2H3,(H,24,29)(H,25,31)(H,26,30)/t18-/m1/s1. The second-order valence-corrected chi connectivity index (χ2v) is 7.29. The molecule has 3 aromatic rings. The maximum Gasteiger partial charge on any atom is 0.249 e. The molecule has 1 aliphatic heterocycles. The number of benzene rings is 2. The first-order chi connectivity index (χ1) is 14.8. The molecule has 0 aliphatic carbocycles. The van der Waals surface area contributed by atoms with Gasteiger partial charge in [-0.3, -0.25) is 14.4 Å². The highest BCUT2D eigenvalue weighted by molar-refractivity contribution is 6.02. The smallest absolute Gasteiger partial charge is 0.249 e. The Bertz CT molecular complexity index is 1190. The molecule has 9 heteroatoms. The molecule has 0 fully saturated rings. The number of nitrogens with zero attached hydrogens (tertiary/aromatic N) is 2. The highest BCUT2D eigenvalue weighted by atomic mass is 19.1. The van der Waals surface area contributed by atoms with E-state index in [-0.39, 0.29) is 24.1 Å². The van der Waals surface area contributed by atoms with E-state index in [1.165, 1.54) is 23.7 Å². The Hall–Kier alpha value is -4.01. The highest BCUT2D eigenvalue weighted by Gasteiger charge is 2.34. The summed E-state index contributed by atoms with van der Waals surface area (Å²) in [6.07, 6.45) is -0.0752. The van der Waals surface area contributed by atoms with Gasteiger partial charge < -0.3 is 16.0 Å². The van der Waals surface area contributed by atoms with E-state index in [2.05, 4.69) is 21.0 Å². The van der Waals surface area contributed by atoms with Gasteiger partial charge in [-0.2, -0.15) is 5.10 Å². The molecule has 0 radical (unpaired) electrons. The van der Waals surface area contributed by atoms with Crippen molar-refractivity contribution in [3.8, 4) is 11.3 Å². The van der Waals surface area contributed by atoms with Crippen LogP contribution in [0.1, 0.15) is 24.9 Å². The molecule has 1 aromatic heterocycles. The van der Waals surface area contributed by atoms with E-state index < -0.39 is 11.9 Å². The third-order valence-corrected chi connectivity index (χ3v) is 4.95. The topological polar surface area (TPSA) is 105 Å². The number of aromatic nitrogens is 2. The van der Waals surface area contributed by atoms with E-state index in [9.17, 15) is 18.8 Å². The van der Waals surface area contributed by atoms with Gasteiger partial charge in [0.15, 0.2) is 0 Å². The fraction of sp³-hybridized carbons (Fsp3) is 0.182. The quantitative estimate of drug-likeness (QED) is 0.600. The van der Waals surface area contributed by atoms with E-state index in [0.29, 0.717) is 34.0 Å². The third-order valence-electron chi connectivity index (χ3n) is 4.95. The largest absolute Gasteiger partial charge is 0.326 e. The molecule has 4 rings (SSSR count). The predicted molar refractivity (Wildman–Crippen MR) is 114 cm³/mol. The first-order valence-electron chi connectivity index (χ1n) is 9.65. The van der Waals surface area contributed by atoms with Crippen molar-refractivity contribution in [1.29, 1.82) is 0 Å². The molecule has 0 unspecified atom stereocenters. The van der Waals surface area contributed by atoms with E-state index >= 15 is 0 Å². The molecule has 1 atom stereocenters. The second-order valence-electron chi connectivity index (χ2n) is 7.29. The number of fused-ring (bicyclic) bond motifs is 1. The summed E-state index contributed by atoms with van der Waals surface area (Å²) in [7, 11) is 0. The van der Waals surface area contributed by atoms with Crippen LogP contribution in [0.5, 0.6) is 0 Å². The minimum atomic E-state index is -0.860. The van der Waals surface area contributed by atoms with E-state index in [1.54, 1.807) is 43.3 Å². The second kappa shape index (κ2) is 8.02. The number of hydrogen-bond donors (Lipinski definition) is 3. The van der Waals surface area contributed by atoms with Gasteiger partial charge in [0.2, 0.25) is 17.7 Å². The zero-order chi connectivity index (χ0) is 22.1. The Kier molecular flexibility index (Phi) is 5.24. The normalized spacial score (nSPS) is 15.1. The van der Waals surface area contributed by atoms with E-state index in [1.807, 2.05) is 0 Å². The highest BCUT2D eigenvalue weighted by Crippen LogP contribution is 2.34. The Morgan fingerprint density at radius 3 is 2.48 bits per heavy atom. The van der Waals surface area contributed by atoms with Crippen LogP contribution in [-0.2, 0) is 14.4 Å². The zero-order valence-corrected chi connectivity index (χ0v) is 16.9. The number of carbonyl (C=O) groups is 3. The van der Waals surface area contributed by atoms with Crippen molar-refractivity contribution >= 4 is 34.9 Å². The average molecular weight is 421 g/mol. The van der Waals surface area contributed by atoms with Crippen molar-refractivity contribution in [2.24, 2.45) is 0 Å². The van der Waals surface area contributed by atoms with Crippen molar-refractivity contribution in [3.05, 3.63) is 59.9 Å². The summed E-state index contributed by atoms with van der Waals surface area (Å²) in [5, 5.41) is 12.8. The van der Waals surface area contributed by atoms with Gasteiger partial charge in [-0.25, -0.2) is 9.07 Å². The Morgan fingerprint density at radius 2 is 1.81 bits per heavy atom. The van der Waals surface area contributed by atoms with Gasteiger partial charge in [0, 0.05) is 29.4 Å². The number of hydrogen-bond acceptors (Lipinski definition) is 4. The van der Waals surface area contributed by atoms with Crippen LogP contribution in [0.4, 0.5) is 21.6 Å². The lowest BCUT2D eigenvalue weighted by Gasteiger charge is -2.24. The molecule has 31 heavy (non-hydrogen) atoms. The fourth-order valence-electron chi connectivity index (χ4n) is 3.53. The maximum atomic E-state index is 13.3. The van der Waals surface area contributed by atoms with Crippen molar-refractivity contribution in [2.45, 2.75) is 26.3 Å². The third kappa shape index (κ3) is 4.16. The summed E-state index contributed by atoms with van der Waals surface area (Å²) in [5.74, 6) is -0.866. The van der Waals surface area contributed by atoms with Gasteiger partial charge >= 0.3 is 0 Å². The molecular weight excluding hydrogens is 401 g/mol. The van der Waals surface area contributed by atoms with Gasteiger partial charge in [0.25, 0.3) is 0 Å². The van der Waals surface area contributed by atoms with Gasteiger partial charge in [0.1, 0.15) is 17.7 Å². The van der Waals surface area contributed by atoms with Gasteiger partial charge in [-0.1, -0.05) is 6.07 Å². The van der Waals surface area contributed by atoms with Gasteiger partial charge in [-0.05, 0) is 49.4 Å². The van der Waals surface area contributed by atoms with Crippen LogP contribution in [0, 0.1) is 12.7 Å². The lowest BCUT2D eigenvalue weighted by Crippen LogP contribution is -2.35. The molecule has 2 aromatic carbocycles. The van der Waals surface area contributed by atoms with Crippen LogP contribution >= 0.6 is 0 Å². The molecule has 0 saturated carbocycles. The average Bonchev–Trinajstić information content (AvgIpc) is 3.04. The van der Waals surface area contributed by atoms with E-state index in [4.69, 9.17) is 0 Å². The lowest BCUT2D eigenvalue weighted by molar-refractivity contribution is -0.125. The number of rotatable bonds is 4. The van der Waals surface area contributed by atoms with Crippen LogP contribution in [0.2, 0.25) is 0 Å². The molecule has 3 N–H and O–H groups in total. The molecule has 0 bridgehead atoms. The van der Waals surface area contributed by atoms with Crippen LogP contribution < -0.4 is 16.0 Å². The minimum absolute atomic E-state index is 0.0752. The zero-order valence-electron chi connectivity index (χ0n) is 16.9.